The Morgan fingerprint density at radius 1 is 0.962 bits per heavy atom. The van der Waals surface area contributed by atoms with Gasteiger partial charge in [-0.2, -0.15) is 0 Å². The summed E-state index contributed by atoms with van der Waals surface area (Å²) >= 11 is 3.68. The summed E-state index contributed by atoms with van der Waals surface area (Å²) in [5, 5.41) is 7.77. The maximum absolute atomic E-state index is 12.3. The summed E-state index contributed by atoms with van der Waals surface area (Å²) in [6.07, 6.45) is 1.70. The zero-order valence-electron chi connectivity index (χ0n) is 17.0. The number of hydrogen-bond donors (Lipinski definition) is 4. The standard InChI is InChI=1S/C15H27N3O4S.C3H8/c1-8(2)13(15(22)17-9(3)10(4)19)18-14(21)11(16-5)6-7-12(20)23;1-3-2/h8-9,11,13,16H,6-7H2,1-5H3,(H,17,22)(H,18,21)(H,20,23);3H2,1-2H3. The van der Waals surface area contributed by atoms with Crippen LogP contribution in [-0.4, -0.2) is 47.9 Å². The largest absolute Gasteiger partial charge is 0.345 e. The van der Waals surface area contributed by atoms with Crippen LogP contribution >= 0.6 is 12.6 Å². The Kier molecular flexibility index (Phi) is 15.2. The van der Waals surface area contributed by atoms with Crippen LogP contribution in [0.1, 0.15) is 60.8 Å². The molecule has 0 aromatic carbocycles. The van der Waals surface area contributed by atoms with Gasteiger partial charge in [0.15, 0.2) is 10.9 Å². The molecule has 0 saturated heterocycles. The fourth-order valence-electron chi connectivity index (χ4n) is 1.87. The summed E-state index contributed by atoms with van der Waals surface area (Å²) < 4.78 is 0. The number of Topliss-reactive ketones (excluding diaryl/α,β-unsaturated/α-hetero) is 1. The third-order valence-electron chi connectivity index (χ3n) is 3.53. The van der Waals surface area contributed by atoms with Crippen molar-refractivity contribution in [3.8, 4) is 0 Å². The molecule has 2 amide bonds. The molecule has 0 fully saturated rings. The molecular weight excluding hydrogens is 354 g/mol. The fourth-order valence-corrected chi connectivity index (χ4v) is 2.00. The molecule has 0 rings (SSSR count). The molecule has 0 heterocycles. The second-order valence-electron chi connectivity index (χ2n) is 6.55. The van der Waals surface area contributed by atoms with Crippen molar-refractivity contribution in [2.45, 2.75) is 78.9 Å². The highest BCUT2D eigenvalue weighted by Crippen LogP contribution is 2.06. The molecule has 0 bridgehead atoms. The van der Waals surface area contributed by atoms with E-state index in [2.05, 4.69) is 42.4 Å². The van der Waals surface area contributed by atoms with Gasteiger partial charge in [-0.25, -0.2) is 0 Å². The summed E-state index contributed by atoms with van der Waals surface area (Å²) in [6.45, 7) is 10.8. The second-order valence-corrected chi connectivity index (χ2v) is 7.05. The van der Waals surface area contributed by atoms with Crippen LogP contribution in [0, 0.1) is 5.92 Å². The molecule has 0 saturated carbocycles. The van der Waals surface area contributed by atoms with Crippen LogP contribution in [0.25, 0.3) is 0 Å². The Balaban J connectivity index is 0. The summed E-state index contributed by atoms with van der Waals surface area (Å²) in [6, 6.07) is -1.96. The lowest BCUT2D eigenvalue weighted by atomic mass is 10.0. The fraction of sp³-hybridized carbons (Fsp3) is 0.778. The molecule has 0 spiro atoms. The zero-order chi connectivity index (χ0) is 20.9. The van der Waals surface area contributed by atoms with Crippen LogP contribution < -0.4 is 16.0 Å². The number of carbonyl (C=O) groups excluding carboxylic acids is 4. The molecule has 26 heavy (non-hydrogen) atoms. The molecule has 3 atom stereocenters. The van der Waals surface area contributed by atoms with Crippen LogP contribution in [-0.2, 0) is 19.2 Å². The molecule has 0 radical (unpaired) electrons. The molecule has 0 aliphatic heterocycles. The van der Waals surface area contributed by atoms with Crippen molar-refractivity contribution in [3.63, 3.8) is 0 Å². The average Bonchev–Trinajstić information content (AvgIpc) is 2.52. The minimum atomic E-state index is -0.758. The number of thiol groups is 1. The first-order valence-electron chi connectivity index (χ1n) is 9.01. The molecule has 7 nitrogen and oxygen atoms in total. The van der Waals surface area contributed by atoms with Gasteiger partial charge < -0.3 is 16.0 Å². The van der Waals surface area contributed by atoms with Crippen molar-refractivity contribution >= 4 is 35.3 Å². The molecule has 8 heteroatoms. The second kappa shape index (κ2) is 14.7. The van der Waals surface area contributed by atoms with E-state index in [9.17, 15) is 19.2 Å². The van der Waals surface area contributed by atoms with E-state index in [1.165, 1.54) is 13.3 Å². The van der Waals surface area contributed by atoms with E-state index in [-0.39, 0.29) is 29.1 Å². The third kappa shape index (κ3) is 12.0. The molecule has 0 aromatic heterocycles. The molecular formula is C18H35N3O4S. The van der Waals surface area contributed by atoms with E-state index in [0.29, 0.717) is 6.42 Å². The highest BCUT2D eigenvalue weighted by Gasteiger charge is 2.28. The van der Waals surface area contributed by atoms with Crippen LogP contribution in [0.5, 0.6) is 0 Å². The van der Waals surface area contributed by atoms with E-state index in [1.807, 2.05) is 0 Å². The number of amides is 2. The maximum Gasteiger partial charge on any atom is 0.243 e. The van der Waals surface area contributed by atoms with Gasteiger partial charge in [0, 0.05) is 6.42 Å². The Labute approximate surface area is 162 Å². The number of carbonyl (C=O) groups is 4. The molecule has 0 aliphatic rings. The normalized spacial score (nSPS) is 13.7. The third-order valence-corrected chi connectivity index (χ3v) is 3.75. The van der Waals surface area contributed by atoms with E-state index in [0.717, 1.165) is 0 Å². The van der Waals surface area contributed by atoms with Gasteiger partial charge in [0.1, 0.15) is 6.04 Å². The minimum absolute atomic E-state index is 0.151. The topological polar surface area (TPSA) is 104 Å². The average molecular weight is 390 g/mol. The smallest absolute Gasteiger partial charge is 0.243 e. The number of likely N-dealkylation sites (N-methyl/N-ethyl adjacent to an activating group) is 1. The van der Waals surface area contributed by atoms with Crippen molar-refractivity contribution in [2.75, 3.05) is 7.05 Å². The van der Waals surface area contributed by atoms with E-state index >= 15 is 0 Å². The van der Waals surface area contributed by atoms with Crippen molar-refractivity contribution in [1.82, 2.24) is 16.0 Å². The van der Waals surface area contributed by atoms with E-state index < -0.39 is 24.0 Å². The molecule has 152 valence electrons. The molecule has 3 unspecified atom stereocenters. The van der Waals surface area contributed by atoms with Crippen LogP contribution in [0.4, 0.5) is 0 Å². The SMILES string of the molecule is CCC.CNC(CCC(=O)S)C(=O)NC(C(=O)NC(C)C(C)=O)C(C)C. The van der Waals surface area contributed by atoms with Crippen molar-refractivity contribution in [2.24, 2.45) is 5.92 Å². The van der Waals surface area contributed by atoms with E-state index in [4.69, 9.17) is 0 Å². The summed E-state index contributed by atoms with van der Waals surface area (Å²) in [5.74, 6) is -1.09. The quantitative estimate of drug-likeness (QED) is 0.424. The molecule has 0 aromatic rings. The summed E-state index contributed by atoms with van der Waals surface area (Å²) in [4.78, 5) is 46.7. The Morgan fingerprint density at radius 2 is 1.46 bits per heavy atom. The molecule has 0 aliphatic carbocycles. The Bertz CT molecular complexity index is 469. The number of nitrogens with one attached hydrogen (secondary N) is 3. The first-order valence-corrected chi connectivity index (χ1v) is 9.46. The monoisotopic (exact) mass is 389 g/mol. The number of hydrogen-bond acceptors (Lipinski definition) is 5. The van der Waals surface area contributed by atoms with Crippen LogP contribution in [0.3, 0.4) is 0 Å². The van der Waals surface area contributed by atoms with Gasteiger partial charge in [0.2, 0.25) is 11.8 Å². The van der Waals surface area contributed by atoms with Gasteiger partial charge >= 0.3 is 0 Å². The van der Waals surface area contributed by atoms with Gasteiger partial charge in [0.05, 0.1) is 12.1 Å². The van der Waals surface area contributed by atoms with Crippen molar-refractivity contribution in [1.29, 1.82) is 0 Å². The van der Waals surface area contributed by atoms with E-state index in [1.54, 1.807) is 27.8 Å². The lowest BCUT2D eigenvalue weighted by molar-refractivity contribution is -0.132. The lowest BCUT2D eigenvalue weighted by Gasteiger charge is -2.25. The first-order chi connectivity index (χ1) is 12.0. The minimum Gasteiger partial charge on any atom is -0.345 e. The Hall–Kier alpha value is -1.41. The molecule has 3 N–H and O–H groups in total. The predicted octanol–water partition coefficient (Wildman–Crippen LogP) is 1.46. The number of rotatable bonds is 10. The van der Waals surface area contributed by atoms with Crippen molar-refractivity contribution in [3.05, 3.63) is 0 Å². The van der Waals surface area contributed by atoms with Crippen LogP contribution in [0.15, 0.2) is 0 Å². The van der Waals surface area contributed by atoms with Gasteiger partial charge in [-0.15, -0.1) is 12.6 Å². The van der Waals surface area contributed by atoms with Gasteiger partial charge in [-0.05, 0) is 33.2 Å². The highest BCUT2D eigenvalue weighted by atomic mass is 32.1. The Morgan fingerprint density at radius 3 is 1.81 bits per heavy atom. The predicted molar refractivity (Wildman–Crippen MR) is 107 cm³/mol. The van der Waals surface area contributed by atoms with Crippen molar-refractivity contribution < 1.29 is 19.2 Å². The summed E-state index contributed by atoms with van der Waals surface area (Å²) in [5.41, 5.74) is 0. The first kappa shape index (κ1) is 26.8. The van der Waals surface area contributed by atoms with Crippen LogP contribution in [0.2, 0.25) is 0 Å². The summed E-state index contributed by atoms with van der Waals surface area (Å²) in [7, 11) is 1.61. The maximum atomic E-state index is 12.3. The highest BCUT2D eigenvalue weighted by molar-refractivity contribution is 7.96. The zero-order valence-corrected chi connectivity index (χ0v) is 17.9. The number of ketones is 1. The van der Waals surface area contributed by atoms with Gasteiger partial charge in [-0.3, -0.25) is 19.2 Å². The van der Waals surface area contributed by atoms with Gasteiger partial charge in [0.25, 0.3) is 0 Å². The lowest BCUT2D eigenvalue weighted by Crippen LogP contribution is -2.56. The van der Waals surface area contributed by atoms with Gasteiger partial charge in [-0.1, -0.05) is 34.1 Å².